The Bertz CT molecular complexity index is 609. The number of aliphatic carboxylic acids is 1. The lowest BCUT2D eigenvalue weighted by Crippen LogP contribution is -2.49. The Morgan fingerprint density at radius 3 is 2.76 bits per heavy atom. The maximum atomic E-state index is 12.4. The van der Waals surface area contributed by atoms with Crippen LogP contribution in [0, 0.1) is 5.92 Å². The molecule has 138 valence electrons. The monoisotopic (exact) mass is 371 g/mol. The predicted molar refractivity (Wildman–Crippen MR) is 93.2 cm³/mol. The third kappa shape index (κ3) is 4.36. The molecule has 2 aliphatic heterocycles. The molecule has 2 fully saturated rings. The number of hydrogen-bond donors (Lipinski definition) is 1. The molecule has 0 amide bonds. The summed E-state index contributed by atoms with van der Waals surface area (Å²) in [4.78, 5) is 13.0. The van der Waals surface area contributed by atoms with Gasteiger partial charge in [-0.25, -0.2) is 4.39 Å². The number of rotatable bonds is 5. The van der Waals surface area contributed by atoms with Gasteiger partial charge in [-0.05, 0) is 43.7 Å². The molecular formula is C18H23ClFNO4. The maximum Gasteiger partial charge on any atom is 0.303 e. The molecule has 0 saturated carbocycles. The number of alkyl halides is 1. The zero-order valence-corrected chi connectivity index (χ0v) is 14.8. The van der Waals surface area contributed by atoms with E-state index in [4.69, 9.17) is 26.2 Å². The average molecular weight is 372 g/mol. The van der Waals surface area contributed by atoms with Gasteiger partial charge in [-0.15, -0.1) is 0 Å². The number of piperidine rings is 1. The fourth-order valence-corrected chi connectivity index (χ4v) is 4.00. The normalized spacial score (nSPS) is 22.8. The van der Waals surface area contributed by atoms with Crippen molar-refractivity contribution in [2.24, 2.45) is 5.92 Å². The topological polar surface area (TPSA) is 59.0 Å². The van der Waals surface area contributed by atoms with Crippen LogP contribution in [0.2, 0.25) is 5.02 Å². The van der Waals surface area contributed by atoms with Gasteiger partial charge in [0.15, 0.2) is 0 Å². The van der Waals surface area contributed by atoms with Crippen LogP contribution >= 0.6 is 11.6 Å². The summed E-state index contributed by atoms with van der Waals surface area (Å²) in [7, 11) is 0. The smallest absolute Gasteiger partial charge is 0.303 e. The van der Waals surface area contributed by atoms with Crippen LogP contribution in [0.5, 0.6) is 5.75 Å². The summed E-state index contributed by atoms with van der Waals surface area (Å²) in [5, 5.41) is 9.53. The molecule has 2 aliphatic rings. The van der Waals surface area contributed by atoms with Crippen LogP contribution < -0.4 is 9.64 Å². The zero-order chi connectivity index (χ0) is 17.9. The molecule has 1 aromatic rings. The van der Waals surface area contributed by atoms with E-state index in [1.807, 2.05) is 0 Å². The van der Waals surface area contributed by atoms with Crippen molar-refractivity contribution in [1.82, 2.24) is 0 Å². The highest BCUT2D eigenvalue weighted by Crippen LogP contribution is 2.40. The first-order valence-corrected chi connectivity index (χ1v) is 8.98. The first-order valence-electron chi connectivity index (χ1n) is 8.60. The Morgan fingerprint density at radius 2 is 2.16 bits per heavy atom. The van der Waals surface area contributed by atoms with E-state index in [1.54, 1.807) is 18.2 Å². The summed E-state index contributed by atoms with van der Waals surface area (Å²) in [5.41, 5.74) is 0.701. The van der Waals surface area contributed by atoms with Crippen LogP contribution in [0.15, 0.2) is 18.2 Å². The minimum Gasteiger partial charge on any atom is -0.481 e. The van der Waals surface area contributed by atoms with Gasteiger partial charge in [0.2, 0.25) is 6.86 Å². The lowest BCUT2D eigenvalue weighted by atomic mass is 9.81. The number of ether oxygens (including phenoxy) is 2. The number of anilines is 1. The van der Waals surface area contributed by atoms with Crippen molar-refractivity contribution in [3.05, 3.63) is 23.2 Å². The Hall–Kier alpha value is -1.53. The van der Waals surface area contributed by atoms with E-state index in [-0.39, 0.29) is 17.9 Å². The molecule has 7 heteroatoms. The van der Waals surface area contributed by atoms with Crippen LogP contribution in [-0.2, 0) is 9.53 Å². The standard InChI is InChI=1S/C18H23ClFNO4/c19-15-2-1-14(24-12-20)10-16(15)21-7-5-18(6-8-21)4-3-13(11-25-18)9-17(22)23/h1-2,10,13H,3-9,11-12H2,(H,22,23)/t13-/m1/s1. The van der Waals surface area contributed by atoms with Gasteiger partial charge in [-0.2, -0.15) is 0 Å². The second kappa shape index (κ2) is 7.79. The minimum atomic E-state index is -0.866. The third-order valence-corrected chi connectivity index (χ3v) is 5.57. The Labute approximate surface area is 151 Å². The number of carboxylic acids is 1. The number of carbonyl (C=O) groups is 1. The summed E-state index contributed by atoms with van der Waals surface area (Å²) >= 11 is 6.30. The van der Waals surface area contributed by atoms with Gasteiger partial charge >= 0.3 is 5.97 Å². The van der Waals surface area contributed by atoms with Crippen LogP contribution in [0.3, 0.4) is 0 Å². The molecule has 1 atom stereocenters. The highest BCUT2D eigenvalue weighted by Gasteiger charge is 2.39. The van der Waals surface area contributed by atoms with E-state index in [9.17, 15) is 9.18 Å². The van der Waals surface area contributed by atoms with E-state index in [2.05, 4.69) is 4.90 Å². The molecule has 2 saturated heterocycles. The Kier molecular flexibility index (Phi) is 5.69. The first-order chi connectivity index (χ1) is 12.0. The van der Waals surface area contributed by atoms with Crippen molar-refractivity contribution >= 4 is 23.3 Å². The molecule has 5 nitrogen and oxygen atoms in total. The van der Waals surface area contributed by atoms with E-state index in [0.717, 1.165) is 44.5 Å². The van der Waals surface area contributed by atoms with E-state index < -0.39 is 12.8 Å². The van der Waals surface area contributed by atoms with Gasteiger partial charge in [-0.1, -0.05) is 11.6 Å². The van der Waals surface area contributed by atoms with Crippen molar-refractivity contribution in [1.29, 1.82) is 0 Å². The molecule has 0 bridgehead atoms. The maximum absolute atomic E-state index is 12.4. The average Bonchev–Trinajstić information content (AvgIpc) is 2.60. The van der Waals surface area contributed by atoms with Crippen LogP contribution in [0.4, 0.5) is 10.1 Å². The third-order valence-electron chi connectivity index (χ3n) is 5.25. The molecule has 2 heterocycles. The molecule has 0 radical (unpaired) electrons. The summed E-state index contributed by atoms with van der Waals surface area (Å²) in [6.07, 6.45) is 3.72. The highest BCUT2D eigenvalue weighted by molar-refractivity contribution is 6.33. The molecular weight excluding hydrogens is 349 g/mol. The summed E-state index contributed by atoms with van der Waals surface area (Å²) in [5.74, 6) is -0.179. The molecule has 25 heavy (non-hydrogen) atoms. The lowest BCUT2D eigenvalue weighted by Gasteiger charge is -2.46. The molecule has 3 rings (SSSR count). The quantitative estimate of drug-likeness (QED) is 0.851. The SMILES string of the molecule is O=C(O)C[C@H]1CCC2(CCN(c3cc(OCF)ccc3Cl)CC2)OC1. The van der Waals surface area contributed by atoms with Gasteiger partial charge in [0.1, 0.15) is 5.75 Å². The number of hydrogen-bond acceptors (Lipinski definition) is 4. The van der Waals surface area contributed by atoms with Gasteiger partial charge in [0.05, 0.1) is 29.3 Å². The highest BCUT2D eigenvalue weighted by atomic mass is 35.5. The predicted octanol–water partition coefficient (Wildman–Crippen LogP) is 3.89. The zero-order valence-electron chi connectivity index (χ0n) is 14.0. The van der Waals surface area contributed by atoms with E-state index in [0.29, 0.717) is 17.4 Å². The molecule has 1 N–H and O–H groups in total. The summed E-state index contributed by atoms with van der Waals surface area (Å²) < 4.78 is 23.4. The van der Waals surface area contributed by atoms with Crippen molar-refractivity contribution in [2.75, 3.05) is 31.5 Å². The van der Waals surface area contributed by atoms with Gasteiger partial charge < -0.3 is 19.5 Å². The van der Waals surface area contributed by atoms with Crippen LogP contribution in [0.1, 0.15) is 32.1 Å². The largest absolute Gasteiger partial charge is 0.481 e. The van der Waals surface area contributed by atoms with Crippen molar-refractivity contribution < 1.29 is 23.8 Å². The summed E-state index contributed by atoms with van der Waals surface area (Å²) in [6, 6.07) is 5.15. The lowest BCUT2D eigenvalue weighted by molar-refractivity contribution is -0.145. The number of carboxylic acid groups (broad SMARTS) is 1. The summed E-state index contributed by atoms with van der Waals surface area (Å²) in [6.45, 7) is 1.24. The Balaban J connectivity index is 1.59. The van der Waals surface area contributed by atoms with Gasteiger partial charge in [0.25, 0.3) is 0 Å². The molecule has 0 aromatic heterocycles. The fraction of sp³-hybridized carbons (Fsp3) is 0.611. The minimum absolute atomic E-state index is 0.116. The Morgan fingerprint density at radius 1 is 1.40 bits per heavy atom. The van der Waals surface area contributed by atoms with Gasteiger partial charge in [0, 0.05) is 19.2 Å². The number of benzene rings is 1. The number of halogens is 2. The molecule has 1 aromatic carbocycles. The van der Waals surface area contributed by atoms with Crippen molar-refractivity contribution in [3.63, 3.8) is 0 Å². The second-order valence-electron chi connectivity index (χ2n) is 6.85. The van der Waals surface area contributed by atoms with Gasteiger partial charge in [-0.3, -0.25) is 4.79 Å². The van der Waals surface area contributed by atoms with E-state index >= 15 is 0 Å². The van der Waals surface area contributed by atoms with Crippen molar-refractivity contribution in [3.8, 4) is 5.75 Å². The fourth-order valence-electron chi connectivity index (χ4n) is 3.76. The first kappa shape index (κ1) is 18.3. The van der Waals surface area contributed by atoms with Crippen LogP contribution in [-0.4, -0.2) is 43.2 Å². The molecule has 1 spiro atoms. The molecule has 0 unspecified atom stereocenters. The van der Waals surface area contributed by atoms with Crippen molar-refractivity contribution in [2.45, 2.75) is 37.7 Å². The molecule has 0 aliphatic carbocycles. The number of nitrogens with zero attached hydrogens (tertiary/aromatic N) is 1. The second-order valence-corrected chi connectivity index (χ2v) is 7.26. The van der Waals surface area contributed by atoms with Crippen LogP contribution in [0.25, 0.3) is 0 Å². The van der Waals surface area contributed by atoms with E-state index in [1.165, 1.54) is 0 Å².